The molecule has 86 valence electrons. The molecule has 1 fully saturated rings. The van der Waals surface area contributed by atoms with E-state index in [9.17, 15) is 9.18 Å². The third-order valence-electron chi connectivity index (χ3n) is 2.69. The highest BCUT2D eigenvalue weighted by Gasteiger charge is 2.37. The van der Waals surface area contributed by atoms with Gasteiger partial charge in [0.05, 0.1) is 4.47 Å². The molecule has 0 radical (unpaired) electrons. The van der Waals surface area contributed by atoms with Crippen LogP contribution in [0.2, 0.25) is 0 Å². The molecule has 1 saturated heterocycles. The van der Waals surface area contributed by atoms with Crippen LogP contribution in [-0.2, 0) is 0 Å². The second-order valence-corrected chi connectivity index (χ2v) is 5.81. The number of likely N-dealkylation sites (tertiary alicyclic amines) is 1. The Balaban J connectivity index is 2.13. The molecule has 2 rings (SSSR count). The average molecular weight is 286 g/mol. The van der Waals surface area contributed by atoms with Gasteiger partial charge in [0.1, 0.15) is 5.82 Å². The standard InChI is InChI=1S/C12H13BrFNO/c1-12(2)6-15(7-12)11(16)8-3-4-9(13)10(14)5-8/h3-5H,6-7H2,1-2H3. The summed E-state index contributed by atoms with van der Waals surface area (Å²) in [4.78, 5) is 13.7. The molecule has 1 amide bonds. The molecule has 0 spiro atoms. The second kappa shape index (κ2) is 3.84. The zero-order chi connectivity index (χ0) is 11.9. The van der Waals surface area contributed by atoms with Gasteiger partial charge >= 0.3 is 0 Å². The van der Waals surface area contributed by atoms with Crippen LogP contribution in [0.5, 0.6) is 0 Å². The summed E-state index contributed by atoms with van der Waals surface area (Å²) in [6.45, 7) is 5.70. The number of benzene rings is 1. The fourth-order valence-electron chi connectivity index (χ4n) is 1.94. The van der Waals surface area contributed by atoms with Crippen LogP contribution in [-0.4, -0.2) is 23.9 Å². The molecule has 0 bridgehead atoms. The highest BCUT2D eigenvalue weighted by Crippen LogP contribution is 2.30. The number of hydrogen-bond donors (Lipinski definition) is 0. The van der Waals surface area contributed by atoms with Crippen molar-refractivity contribution in [2.45, 2.75) is 13.8 Å². The van der Waals surface area contributed by atoms with Crippen LogP contribution >= 0.6 is 15.9 Å². The molecule has 1 aliphatic rings. The van der Waals surface area contributed by atoms with Gasteiger partial charge < -0.3 is 4.90 Å². The number of carbonyl (C=O) groups is 1. The first-order valence-electron chi connectivity index (χ1n) is 5.13. The summed E-state index contributed by atoms with van der Waals surface area (Å²) in [5.74, 6) is -0.489. The Labute approximate surface area is 103 Å². The van der Waals surface area contributed by atoms with Crippen molar-refractivity contribution in [1.29, 1.82) is 0 Å². The zero-order valence-electron chi connectivity index (χ0n) is 9.26. The molecule has 1 heterocycles. The van der Waals surface area contributed by atoms with Gasteiger partial charge in [0.25, 0.3) is 5.91 Å². The van der Waals surface area contributed by atoms with E-state index >= 15 is 0 Å². The minimum atomic E-state index is -0.398. The van der Waals surface area contributed by atoms with Gasteiger partial charge in [-0.2, -0.15) is 0 Å². The molecule has 1 aliphatic heterocycles. The number of nitrogens with zero attached hydrogens (tertiary/aromatic N) is 1. The number of carbonyl (C=O) groups excluding carboxylic acids is 1. The fourth-order valence-corrected chi connectivity index (χ4v) is 2.19. The Morgan fingerprint density at radius 1 is 1.44 bits per heavy atom. The first-order chi connectivity index (χ1) is 7.39. The van der Waals surface area contributed by atoms with Gasteiger partial charge in [0, 0.05) is 18.7 Å². The molecule has 4 heteroatoms. The molecule has 0 unspecified atom stereocenters. The fraction of sp³-hybridized carbons (Fsp3) is 0.417. The van der Waals surface area contributed by atoms with Crippen molar-refractivity contribution in [3.63, 3.8) is 0 Å². The zero-order valence-corrected chi connectivity index (χ0v) is 10.8. The van der Waals surface area contributed by atoms with E-state index in [0.29, 0.717) is 10.0 Å². The smallest absolute Gasteiger partial charge is 0.253 e. The molecular formula is C12H13BrFNO. The van der Waals surface area contributed by atoms with Crippen molar-refractivity contribution in [3.8, 4) is 0 Å². The van der Waals surface area contributed by atoms with Gasteiger partial charge in [-0.15, -0.1) is 0 Å². The normalized spacial score (nSPS) is 18.1. The van der Waals surface area contributed by atoms with Crippen LogP contribution in [0.4, 0.5) is 4.39 Å². The van der Waals surface area contributed by atoms with Crippen molar-refractivity contribution in [2.24, 2.45) is 5.41 Å². The SMILES string of the molecule is CC1(C)CN(C(=O)c2ccc(Br)c(F)c2)C1. The van der Waals surface area contributed by atoms with E-state index in [4.69, 9.17) is 0 Å². The Bertz CT molecular complexity index is 437. The van der Waals surface area contributed by atoms with Gasteiger partial charge in [-0.25, -0.2) is 4.39 Å². The molecule has 1 aromatic carbocycles. The quantitative estimate of drug-likeness (QED) is 0.777. The molecular weight excluding hydrogens is 273 g/mol. The molecule has 16 heavy (non-hydrogen) atoms. The third kappa shape index (κ3) is 2.12. The lowest BCUT2D eigenvalue weighted by Gasteiger charge is -2.45. The van der Waals surface area contributed by atoms with Crippen molar-refractivity contribution in [1.82, 2.24) is 4.90 Å². The van der Waals surface area contributed by atoms with E-state index in [1.54, 1.807) is 17.0 Å². The first-order valence-corrected chi connectivity index (χ1v) is 5.93. The van der Waals surface area contributed by atoms with Crippen LogP contribution in [0.3, 0.4) is 0 Å². The summed E-state index contributed by atoms with van der Waals surface area (Å²) in [6, 6.07) is 4.48. The van der Waals surface area contributed by atoms with Crippen LogP contribution in [0.15, 0.2) is 22.7 Å². The Morgan fingerprint density at radius 2 is 2.06 bits per heavy atom. The van der Waals surface area contributed by atoms with Gasteiger partial charge in [0.2, 0.25) is 0 Å². The largest absolute Gasteiger partial charge is 0.337 e. The van der Waals surface area contributed by atoms with Crippen LogP contribution in [0.25, 0.3) is 0 Å². The number of rotatable bonds is 1. The van der Waals surface area contributed by atoms with E-state index < -0.39 is 5.82 Å². The lowest BCUT2D eigenvalue weighted by atomic mass is 9.84. The number of hydrogen-bond acceptors (Lipinski definition) is 1. The van der Waals surface area contributed by atoms with Crippen molar-refractivity contribution in [3.05, 3.63) is 34.1 Å². The Kier molecular flexibility index (Phi) is 2.78. The minimum Gasteiger partial charge on any atom is -0.337 e. The maximum absolute atomic E-state index is 13.3. The molecule has 1 aromatic rings. The maximum Gasteiger partial charge on any atom is 0.253 e. The highest BCUT2D eigenvalue weighted by atomic mass is 79.9. The lowest BCUT2D eigenvalue weighted by molar-refractivity contribution is 0.0236. The lowest BCUT2D eigenvalue weighted by Crippen LogP contribution is -2.55. The summed E-state index contributed by atoms with van der Waals surface area (Å²) in [5.41, 5.74) is 0.611. The minimum absolute atomic E-state index is 0.0919. The molecule has 0 N–H and O–H groups in total. The summed E-state index contributed by atoms with van der Waals surface area (Å²) in [5, 5.41) is 0. The van der Waals surface area contributed by atoms with E-state index in [-0.39, 0.29) is 11.3 Å². The first kappa shape index (κ1) is 11.6. The molecule has 2 nitrogen and oxygen atoms in total. The Morgan fingerprint density at radius 3 is 2.56 bits per heavy atom. The number of amides is 1. The van der Waals surface area contributed by atoms with Crippen molar-refractivity contribution in [2.75, 3.05) is 13.1 Å². The molecule has 0 aliphatic carbocycles. The molecule has 0 atom stereocenters. The van der Waals surface area contributed by atoms with E-state index in [1.165, 1.54) is 6.07 Å². The van der Waals surface area contributed by atoms with Crippen LogP contribution in [0, 0.1) is 11.2 Å². The summed E-state index contributed by atoms with van der Waals surface area (Å²) < 4.78 is 13.6. The van der Waals surface area contributed by atoms with E-state index in [0.717, 1.165) is 13.1 Å². The predicted octanol–water partition coefficient (Wildman–Crippen LogP) is 3.07. The van der Waals surface area contributed by atoms with Crippen molar-refractivity contribution < 1.29 is 9.18 Å². The number of halogens is 2. The third-order valence-corrected chi connectivity index (χ3v) is 3.33. The average Bonchev–Trinajstić information content (AvgIpc) is 2.17. The van der Waals surface area contributed by atoms with E-state index in [2.05, 4.69) is 29.8 Å². The van der Waals surface area contributed by atoms with Gasteiger partial charge in [-0.3, -0.25) is 4.79 Å². The van der Waals surface area contributed by atoms with Crippen molar-refractivity contribution >= 4 is 21.8 Å². The highest BCUT2D eigenvalue weighted by molar-refractivity contribution is 9.10. The van der Waals surface area contributed by atoms with Gasteiger partial charge in [0.15, 0.2) is 0 Å². The van der Waals surface area contributed by atoms with E-state index in [1.807, 2.05) is 0 Å². The summed E-state index contributed by atoms with van der Waals surface area (Å²) >= 11 is 3.06. The molecule has 0 saturated carbocycles. The Hall–Kier alpha value is -0.900. The summed E-state index contributed by atoms with van der Waals surface area (Å²) in [6.07, 6.45) is 0. The maximum atomic E-state index is 13.3. The van der Waals surface area contributed by atoms with Gasteiger partial charge in [-0.05, 0) is 39.5 Å². The van der Waals surface area contributed by atoms with Crippen LogP contribution < -0.4 is 0 Å². The van der Waals surface area contributed by atoms with Gasteiger partial charge in [-0.1, -0.05) is 13.8 Å². The summed E-state index contributed by atoms with van der Waals surface area (Å²) in [7, 11) is 0. The predicted molar refractivity (Wildman–Crippen MR) is 63.8 cm³/mol. The monoisotopic (exact) mass is 285 g/mol. The van der Waals surface area contributed by atoms with Crippen LogP contribution in [0.1, 0.15) is 24.2 Å². The second-order valence-electron chi connectivity index (χ2n) is 4.95. The molecule has 0 aromatic heterocycles. The topological polar surface area (TPSA) is 20.3 Å².